The van der Waals surface area contributed by atoms with Crippen LogP contribution in [0.25, 0.3) is 0 Å². The fraction of sp³-hybridized carbons (Fsp3) is 0.611. The molecule has 24 heavy (non-hydrogen) atoms. The fourth-order valence-electron chi connectivity index (χ4n) is 3.44. The molecule has 0 aromatic heterocycles. The highest BCUT2D eigenvalue weighted by molar-refractivity contribution is 5.79. The van der Waals surface area contributed by atoms with Crippen LogP contribution in [-0.2, 0) is 17.5 Å². The van der Waals surface area contributed by atoms with Gasteiger partial charge in [-0.1, -0.05) is 24.6 Å². The van der Waals surface area contributed by atoms with Gasteiger partial charge in [0.25, 0.3) is 0 Å². The Morgan fingerprint density at radius 2 is 1.79 bits per heavy atom. The molecule has 3 rings (SSSR count). The number of amides is 1. The van der Waals surface area contributed by atoms with Crippen LogP contribution in [0.2, 0.25) is 0 Å². The van der Waals surface area contributed by atoms with E-state index >= 15 is 0 Å². The Kier molecular flexibility index (Phi) is 5.13. The zero-order valence-corrected chi connectivity index (χ0v) is 13.7. The third-order valence-corrected chi connectivity index (χ3v) is 5.07. The largest absolute Gasteiger partial charge is 0.416 e. The molecule has 0 unspecified atom stereocenters. The van der Waals surface area contributed by atoms with Gasteiger partial charge in [0.2, 0.25) is 5.91 Å². The normalized spacial score (nSPS) is 20.5. The molecule has 6 heteroatoms. The molecule has 0 N–H and O–H groups in total. The Morgan fingerprint density at radius 1 is 1.04 bits per heavy atom. The van der Waals surface area contributed by atoms with Gasteiger partial charge >= 0.3 is 6.18 Å². The van der Waals surface area contributed by atoms with Gasteiger partial charge < -0.3 is 4.90 Å². The van der Waals surface area contributed by atoms with Gasteiger partial charge in [0.1, 0.15) is 0 Å². The van der Waals surface area contributed by atoms with E-state index in [0.717, 1.165) is 38.3 Å². The van der Waals surface area contributed by atoms with Gasteiger partial charge in [-0.25, -0.2) is 0 Å². The maximum Gasteiger partial charge on any atom is 0.416 e. The number of nitrogens with zero attached hydrogens (tertiary/aromatic N) is 2. The van der Waals surface area contributed by atoms with E-state index in [-0.39, 0.29) is 18.4 Å². The molecular weight excluding hydrogens is 317 g/mol. The van der Waals surface area contributed by atoms with E-state index in [4.69, 9.17) is 0 Å². The summed E-state index contributed by atoms with van der Waals surface area (Å²) in [6.45, 7) is 2.96. The van der Waals surface area contributed by atoms with E-state index in [9.17, 15) is 18.0 Å². The van der Waals surface area contributed by atoms with Crippen molar-refractivity contribution in [3.8, 4) is 0 Å². The molecule has 1 aromatic carbocycles. The zero-order valence-electron chi connectivity index (χ0n) is 13.7. The smallest absolute Gasteiger partial charge is 0.341 e. The minimum Gasteiger partial charge on any atom is -0.341 e. The topological polar surface area (TPSA) is 23.6 Å². The molecule has 2 fully saturated rings. The van der Waals surface area contributed by atoms with Crippen LogP contribution in [0.4, 0.5) is 13.2 Å². The molecule has 1 heterocycles. The first-order chi connectivity index (χ1) is 11.4. The average Bonchev–Trinajstić information content (AvgIpc) is 2.70. The molecule has 1 saturated carbocycles. The molecule has 1 aliphatic carbocycles. The molecule has 0 atom stereocenters. The van der Waals surface area contributed by atoms with Crippen molar-refractivity contribution in [2.24, 2.45) is 5.92 Å². The molecule has 0 radical (unpaired) electrons. The second kappa shape index (κ2) is 7.13. The number of halogens is 3. The van der Waals surface area contributed by atoms with E-state index in [1.807, 2.05) is 9.80 Å². The van der Waals surface area contributed by atoms with E-state index in [2.05, 4.69) is 0 Å². The summed E-state index contributed by atoms with van der Waals surface area (Å²) in [6.07, 6.45) is -0.415. The lowest BCUT2D eigenvalue weighted by molar-refractivity contribution is -0.138. The molecule has 1 saturated heterocycles. The van der Waals surface area contributed by atoms with Crippen LogP contribution < -0.4 is 0 Å². The summed E-state index contributed by atoms with van der Waals surface area (Å²) in [4.78, 5) is 16.3. The van der Waals surface area contributed by atoms with Gasteiger partial charge in [0, 0.05) is 38.6 Å². The predicted octanol–water partition coefficient (Wildman–Crippen LogP) is 3.54. The van der Waals surface area contributed by atoms with Crippen LogP contribution in [0.15, 0.2) is 24.3 Å². The first-order valence-corrected chi connectivity index (χ1v) is 8.61. The highest BCUT2D eigenvalue weighted by Crippen LogP contribution is 2.32. The molecule has 3 nitrogen and oxygen atoms in total. The minimum absolute atomic E-state index is 0.183. The predicted molar refractivity (Wildman–Crippen MR) is 85.3 cm³/mol. The zero-order chi connectivity index (χ0) is 17.2. The molecule has 1 aromatic rings. The second-order valence-electron chi connectivity index (χ2n) is 6.74. The third kappa shape index (κ3) is 3.91. The molecule has 0 spiro atoms. The lowest BCUT2D eigenvalue weighted by Crippen LogP contribution is -2.41. The first-order valence-electron chi connectivity index (χ1n) is 8.61. The summed E-state index contributed by atoms with van der Waals surface area (Å²) < 4.78 is 39.3. The van der Waals surface area contributed by atoms with Crippen LogP contribution in [0.1, 0.15) is 36.8 Å². The second-order valence-corrected chi connectivity index (χ2v) is 6.74. The van der Waals surface area contributed by atoms with Crippen LogP contribution in [0, 0.1) is 5.92 Å². The van der Waals surface area contributed by atoms with Crippen molar-refractivity contribution >= 4 is 5.91 Å². The quantitative estimate of drug-likeness (QED) is 0.840. The molecule has 1 amide bonds. The van der Waals surface area contributed by atoms with Gasteiger partial charge in [-0.2, -0.15) is 13.2 Å². The van der Waals surface area contributed by atoms with Gasteiger partial charge in [-0.3, -0.25) is 9.69 Å². The fourth-order valence-corrected chi connectivity index (χ4v) is 3.44. The molecule has 1 aliphatic heterocycles. The monoisotopic (exact) mass is 340 g/mol. The highest BCUT2D eigenvalue weighted by Gasteiger charge is 2.34. The summed E-state index contributed by atoms with van der Waals surface area (Å²) >= 11 is 0. The first kappa shape index (κ1) is 17.3. The van der Waals surface area contributed by atoms with Crippen molar-refractivity contribution in [1.29, 1.82) is 0 Å². The number of benzene rings is 1. The summed E-state index contributed by atoms with van der Waals surface area (Å²) in [7, 11) is 0. The van der Waals surface area contributed by atoms with E-state index in [1.54, 1.807) is 12.1 Å². The lowest BCUT2D eigenvalue weighted by Gasteiger charge is -2.31. The summed E-state index contributed by atoms with van der Waals surface area (Å²) in [6, 6.07) is 5.76. The average molecular weight is 340 g/mol. The standard InChI is InChI=1S/C18H23F3N2O/c19-18(20,21)16-8-2-1-5-15(16)13-22-9-4-10-23(12-11-22)17(24)14-6-3-7-14/h1-2,5,8,14H,3-4,6-7,9-13H2. The number of hydrogen-bond acceptors (Lipinski definition) is 2. The molecule has 2 aliphatic rings. The summed E-state index contributed by atoms with van der Waals surface area (Å²) in [5, 5.41) is 0. The number of hydrogen-bond donors (Lipinski definition) is 0. The molecule has 132 valence electrons. The Labute approximate surface area is 140 Å². The van der Waals surface area contributed by atoms with Gasteiger partial charge in [-0.15, -0.1) is 0 Å². The summed E-state index contributed by atoms with van der Waals surface area (Å²) in [5.74, 6) is 0.418. The maximum atomic E-state index is 13.1. The van der Waals surface area contributed by atoms with Crippen molar-refractivity contribution < 1.29 is 18.0 Å². The summed E-state index contributed by atoms with van der Waals surface area (Å²) in [5.41, 5.74) is -0.250. The molecular formula is C18H23F3N2O. The van der Waals surface area contributed by atoms with E-state index in [0.29, 0.717) is 25.2 Å². The lowest BCUT2D eigenvalue weighted by atomic mass is 9.84. The number of alkyl halides is 3. The Hall–Kier alpha value is -1.56. The molecule has 0 bridgehead atoms. The van der Waals surface area contributed by atoms with E-state index < -0.39 is 11.7 Å². The van der Waals surface area contributed by atoms with Crippen LogP contribution >= 0.6 is 0 Å². The number of carbonyl (C=O) groups is 1. The maximum absolute atomic E-state index is 13.1. The van der Waals surface area contributed by atoms with Gasteiger partial charge in [0.05, 0.1) is 5.56 Å². The Balaban J connectivity index is 1.62. The SMILES string of the molecule is O=C(C1CCC1)N1CCCN(Cc2ccccc2C(F)(F)F)CC1. The van der Waals surface area contributed by atoms with Crippen LogP contribution in [-0.4, -0.2) is 41.9 Å². The third-order valence-electron chi connectivity index (χ3n) is 5.07. The minimum atomic E-state index is -4.32. The Bertz CT molecular complexity index is 584. The number of rotatable bonds is 3. The Morgan fingerprint density at radius 3 is 2.46 bits per heavy atom. The van der Waals surface area contributed by atoms with Gasteiger partial charge in [-0.05, 0) is 30.9 Å². The van der Waals surface area contributed by atoms with E-state index in [1.165, 1.54) is 6.07 Å². The van der Waals surface area contributed by atoms with Crippen LogP contribution in [0.5, 0.6) is 0 Å². The number of carbonyl (C=O) groups excluding carboxylic acids is 1. The van der Waals surface area contributed by atoms with Crippen LogP contribution in [0.3, 0.4) is 0 Å². The van der Waals surface area contributed by atoms with Crippen molar-refractivity contribution in [2.45, 2.75) is 38.4 Å². The van der Waals surface area contributed by atoms with Crippen molar-refractivity contribution in [1.82, 2.24) is 9.80 Å². The van der Waals surface area contributed by atoms with Crippen molar-refractivity contribution in [2.75, 3.05) is 26.2 Å². The highest BCUT2D eigenvalue weighted by atomic mass is 19.4. The van der Waals surface area contributed by atoms with Crippen molar-refractivity contribution in [3.05, 3.63) is 35.4 Å². The van der Waals surface area contributed by atoms with Crippen molar-refractivity contribution in [3.63, 3.8) is 0 Å². The van der Waals surface area contributed by atoms with Gasteiger partial charge in [0.15, 0.2) is 0 Å².